The molecular weight excluding hydrogens is 304 g/mol. The van der Waals surface area contributed by atoms with E-state index in [0.29, 0.717) is 17.9 Å². The average molecular weight is 336 g/mol. The predicted octanol–water partition coefficient (Wildman–Crippen LogP) is 3.79. The van der Waals surface area contributed by atoms with Gasteiger partial charge in [-0.1, -0.05) is 31.6 Å². The molecule has 0 unspecified atom stereocenters. The Bertz CT molecular complexity index is 534. The highest BCUT2D eigenvalue weighted by molar-refractivity contribution is 5.87. The van der Waals surface area contributed by atoms with E-state index in [1.54, 1.807) is 13.0 Å². The minimum atomic E-state index is -0.607. The number of fused-ring (bicyclic) bond motifs is 1. The monoisotopic (exact) mass is 336 g/mol. The van der Waals surface area contributed by atoms with Gasteiger partial charge in [-0.25, -0.2) is 4.79 Å². The third-order valence-electron chi connectivity index (χ3n) is 5.69. The minimum Gasteiger partial charge on any atom is -0.456 e. The highest BCUT2D eigenvalue weighted by atomic mass is 16.7. The van der Waals surface area contributed by atoms with Crippen LogP contribution in [0.3, 0.4) is 0 Å². The van der Waals surface area contributed by atoms with Gasteiger partial charge in [0.25, 0.3) is 0 Å². The molecule has 0 bridgehead atoms. The third-order valence-corrected chi connectivity index (χ3v) is 5.69. The molecule has 1 saturated heterocycles. The topological polar surface area (TPSA) is 59.1 Å². The molecule has 0 aromatic carbocycles. The first kappa shape index (κ1) is 19.2. The fourth-order valence-electron chi connectivity index (χ4n) is 3.57. The van der Waals surface area contributed by atoms with Crippen LogP contribution in [0.1, 0.15) is 60.8 Å². The predicted molar refractivity (Wildman–Crippen MR) is 94.5 cm³/mol. The van der Waals surface area contributed by atoms with Crippen molar-refractivity contribution in [3.63, 3.8) is 0 Å². The van der Waals surface area contributed by atoms with E-state index < -0.39 is 11.7 Å². The first-order chi connectivity index (χ1) is 11.2. The molecule has 4 nitrogen and oxygen atoms in total. The van der Waals surface area contributed by atoms with Crippen LogP contribution in [0.2, 0.25) is 0 Å². The molecule has 24 heavy (non-hydrogen) atoms. The first-order valence-corrected chi connectivity index (χ1v) is 9.06. The number of carbonyl (C=O) groups excluding carboxylic acids is 1. The molecule has 1 heterocycles. The standard InChI is InChI=1S/C20H32O4/c1-7-14(5)19(22)23-16-11-9-13(4)8-10-15(12(2)3)17(21)18-20(16,6)24-18/h7,9,12,15-18,21H,8,10-11H2,1-6H3/b13-9+,14-7+/t15-,16-,17+,18+,20+/m0/s1. The van der Waals surface area contributed by atoms with Crippen molar-refractivity contribution in [1.82, 2.24) is 0 Å². The lowest BCUT2D eigenvalue weighted by atomic mass is 9.79. The number of aliphatic hydroxyl groups excluding tert-OH is 1. The van der Waals surface area contributed by atoms with Crippen molar-refractivity contribution in [2.75, 3.05) is 0 Å². The molecule has 0 aromatic heterocycles. The first-order valence-electron chi connectivity index (χ1n) is 9.06. The summed E-state index contributed by atoms with van der Waals surface area (Å²) in [5.74, 6) is 0.259. The van der Waals surface area contributed by atoms with Gasteiger partial charge < -0.3 is 14.6 Å². The SMILES string of the molecule is C/C=C(\C)C(=O)O[C@H]1C/C=C(\C)CC[C@@H](C(C)C)[C@@H](O)[C@H]2O[C@]12C. The molecule has 1 fully saturated rings. The molecule has 0 radical (unpaired) electrons. The molecule has 136 valence electrons. The van der Waals surface area contributed by atoms with Gasteiger partial charge in [0.05, 0.1) is 6.10 Å². The van der Waals surface area contributed by atoms with Crippen LogP contribution < -0.4 is 0 Å². The van der Waals surface area contributed by atoms with Crippen LogP contribution in [0.15, 0.2) is 23.3 Å². The zero-order chi connectivity index (χ0) is 18.1. The number of carbonyl (C=O) groups is 1. The Morgan fingerprint density at radius 2 is 2.17 bits per heavy atom. The molecule has 0 amide bonds. The Kier molecular flexibility index (Phi) is 5.92. The van der Waals surface area contributed by atoms with E-state index in [9.17, 15) is 9.90 Å². The summed E-state index contributed by atoms with van der Waals surface area (Å²) in [5.41, 5.74) is 1.26. The van der Waals surface area contributed by atoms with Crippen LogP contribution in [0.25, 0.3) is 0 Å². The molecule has 2 rings (SSSR count). The summed E-state index contributed by atoms with van der Waals surface area (Å²) in [7, 11) is 0. The van der Waals surface area contributed by atoms with Crippen LogP contribution >= 0.6 is 0 Å². The third kappa shape index (κ3) is 3.92. The summed E-state index contributed by atoms with van der Waals surface area (Å²) in [5, 5.41) is 10.8. The Balaban J connectivity index is 2.25. The maximum atomic E-state index is 12.2. The molecule has 1 N–H and O–H groups in total. The Morgan fingerprint density at radius 3 is 2.75 bits per heavy atom. The number of epoxide rings is 1. The quantitative estimate of drug-likeness (QED) is 0.369. The van der Waals surface area contributed by atoms with Crippen LogP contribution in [-0.4, -0.2) is 35.0 Å². The summed E-state index contributed by atoms with van der Waals surface area (Å²) in [6.07, 6.45) is 5.28. The Labute approximate surface area is 145 Å². The van der Waals surface area contributed by atoms with E-state index in [0.717, 1.165) is 12.8 Å². The molecule has 1 aliphatic heterocycles. The fraction of sp³-hybridized carbons (Fsp3) is 0.750. The maximum Gasteiger partial charge on any atom is 0.333 e. The van der Waals surface area contributed by atoms with E-state index >= 15 is 0 Å². The summed E-state index contributed by atoms with van der Waals surface area (Å²) in [4.78, 5) is 12.2. The fourth-order valence-corrected chi connectivity index (χ4v) is 3.57. The molecule has 2 aliphatic rings. The van der Waals surface area contributed by atoms with Crippen molar-refractivity contribution < 1.29 is 19.4 Å². The van der Waals surface area contributed by atoms with Crippen molar-refractivity contribution >= 4 is 5.97 Å². The normalized spacial score (nSPS) is 39.7. The van der Waals surface area contributed by atoms with Crippen LogP contribution in [0, 0.1) is 11.8 Å². The van der Waals surface area contributed by atoms with Gasteiger partial charge in [-0.3, -0.25) is 0 Å². The number of hydrogen-bond acceptors (Lipinski definition) is 4. The van der Waals surface area contributed by atoms with E-state index in [2.05, 4.69) is 26.8 Å². The number of hydrogen-bond donors (Lipinski definition) is 1. The van der Waals surface area contributed by atoms with E-state index in [1.165, 1.54) is 5.57 Å². The molecule has 0 spiro atoms. The van der Waals surface area contributed by atoms with Crippen molar-refractivity contribution in [2.24, 2.45) is 11.8 Å². The number of rotatable bonds is 3. The number of aliphatic hydroxyl groups is 1. The second kappa shape index (κ2) is 7.40. The van der Waals surface area contributed by atoms with Crippen LogP contribution in [-0.2, 0) is 14.3 Å². The van der Waals surface area contributed by atoms with E-state index in [-0.39, 0.29) is 24.1 Å². The Hall–Kier alpha value is -1.13. The number of ether oxygens (including phenoxy) is 2. The Morgan fingerprint density at radius 1 is 1.50 bits per heavy atom. The highest BCUT2D eigenvalue weighted by Crippen LogP contribution is 2.47. The van der Waals surface area contributed by atoms with Gasteiger partial charge in [0.2, 0.25) is 0 Å². The molecule has 0 saturated carbocycles. The lowest BCUT2D eigenvalue weighted by Gasteiger charge is -2.29. The summed E-state index contributed by atoms with van der Waals surface area (Å²) < 4.78 is 11.7. The van der Waals surface area contributed by atoms with Crippen molar-refractivity contribution in [1.29, 1.82) is 0 Å². The van der Waals surface area contributed by atoms with Gasteiger partial charge in [0.1, 0.15) is 17.8 Å². The summed E-state index contributed by atoms with van der Waals surface area (Å²) in [6.45, 7) is 11.9. The van der Waals surface area contributed by atoms with Gasteiger partial charge >= 0.3 is 5.97 Å². The highest BCUT2D eigenvalue weighted by Gasteiger charge is 2.63. The summed E-state index contributed by atoms with van der Waals surface area (Å²) in [6, 6.07) is 0. The molecule has 0 aromatic rings. The number of allylic oxidation sites excluding steroid dienone is 2. The lowest BCUT2D eigenvalue weighted by molar-refractivity contribution is -0.147. The van der Waals surface area contributed by atoms with Gasteiger partial charge in [-0.15, -0.1) is 0 Å². The summed E-state index contributed by atoms with van der Waals surface area (Å²) >= 11 is 0. The second-order valence-electron chi connectivity index (χ2n) is 7.81. The van der Waals surface area contributed by atoms with Crippen molar-refractivity contribution in [3.05, 3.63) is 23.3 Å². The zero-order valence-electron chi connectivity index (χ0n) is 15.8. The number of esters is 1. The van der Waals surface area contributed by atoms with Gasteiger partial charge in [-0.2, -0.15) is 0 Å². The zero-order valence-corrected chi connectivity index (χ0v) is 15.8. The molecule has 5 atom stereocenters. The largest absolute Gasteiger partial charge is 0.456 e. The van der Waals surface area contributed by atoms with Gasteiger partial charge in [0.15, 0.2) is 0 Å². The van der Waals surface area contributed by atoms with Crippen molar-refractivity contribution in [3.8, 4) is 0 Å². The van der Waals surface area contributed by atoms with Crippen molar-refractivity contribution in [2.45, 2.75) is 84.7 Å². The maximum absolute atomic E-state index is 12.2. The van der Waals surface area contributed by atoms with E-state index in [1.807, 2.05) is 13.8 Å². The molecule has 4 heteroatoms. The van der Waals surface area contributed by atoms with Crippen LogP contribution in [0.5, 0.6) is 0 Å². The lowest BCUT2D eigenvalue weighted by Crippen LogP contribution is -2.40. The average Bonchev–Trinajstić information content (AvgIpc) is 3.22. The minimum absolute atomic E-state index is 0.187. The molecule has 1 aliphatic carbocycles. The second-order valence-corrected chi connectivity index (χ2v) is 7.81. The van der Waals surface area contributed by atoms with Gasteiger partial charge in [0, 0.05) is 12.0 Å². The molecular formula is C20H32O4. The van der Waals surface area contributed by atoms with Crippen LogP contribution in [0.4, 0.5) is 0 Å². The van der Waals surface area contributed by atoms with E-state index in [4.69, 9.17) is 9.47 Å². The smallest absolute Gasteiger partial charge is 0.333 e. The van der Waals surface area contributed by atoms with Gasteiger partial charge in [-0.05, 0) is 52.4 Å².